The number of benzene rings is 2. The number of hydrogen-bond acceptors (Lipinski definition) is 5. The van der Waals surface area contributed by atoms with Crippen LogP contribution in [0, 0.1) is 13.8 Å². The second kappa shape index (κ2) is 9.49. The summed E-state index contributed by atoms with van der Waals surface area (Å²) in [4.78, 5) is 12.3. The van der Waals surface area contributed by atoms with Gasteiger partial charge in [-0.3, -0.25) is 9.10 Å². The highest BCUT2D eigenvalue weighted by atomic mass is 79.9. The van der Waals surface area contributed by atoms with E-state index in [2.05, 4.69) is 26.5 Å². The molecule has 2 aromatic carbocycles. The standard InChI is InChI=1S/C22H22BrN3O4S/c1-15-6-4-5-7-18(15)14-26(31(3,28)29)19-10-8-17(9-11-19)22(27)25-24-13-20-12-21(23)16(2)30-20/h4-13H,14H2,1-3H3,(H,25,27)/b24-13-. The summed E-state index contributed by atoms with van der Waals surface area (Å²) in [5, 5.41) is 3.89. The fraction of sp³-hybridized carbons (Fsp3) is 0.182. The molecule has 1 N–H and O–H groups in total. The van der Waals surface area contributed by atoms with Gasteiger partial charge in [-0.05, 0) is 65.2 Å². The highest BCUT2D eigenvalue weighted by molar-refractivity contribution is 9.10. The van der Waals surface area contributed by atoms with E-state index < -0.39 is 15.9 Å². The minimum absolute atomic E-state index is 0.208. The molecule has 7 nitrogen and oxygen atoms in total. The summed E-state index contributed by atoms with van der Waals surface area (Å²) >= 11 is 3.34. The van der Waals surface area contributed by atoms with Crippen LogP contribution in [0.3, 0.4) is 0 Å². The molecule has 9 heteroatoms. The Bertz CT molecular complexity index is 1200. The van der Waals surface area contributed by atoms with Crippen LogP contribution in [0.25, 0.3) is 0 Å². The van der Waals surface area contributed by atoms with Crippen molar-refractivity contribution in [2.75, 3.05) is 10.6 Å². The van der Waals surface area contributed by atoms with Crippen molar-refractivity contribution in [1.29, 1.82) is 0 Å². The molecule has 31 heavy (non-hydrogen) atoms. The number of halogens is 1. The van der Waals surface area contributed by atoms with Gasteiger partial charge in [-0.1, -0.05) is 24.3 Å². The van der Waals surface area contributed by atoms with Crippen LogP contribution in [0.15, 0.2) is 68.6 Å². The van der Waals surface area contributed by atoms with Crippen molar-refractivity contribution in [2.45, 2.75) is 20.4 Å². The van der Waals surface area contributed by atoms with Crippen LogP contribution in [-0.4, -0.2) is 26.8 Å². The summed E-state index contributed by atoms with van der Waals surface area (Å²) in [6, 6.07) is 15.7. The molecule has 0 atom stereocenters. The third kappa shape index (κ3) is 5.83. The number of furan rings is 1. The van der Waals surface area contributed by atoms with E-state index in [1.54, 1.807) is 37.3 Å². The Morgan fingerprint density at radius 2 is 1.84 bits per heavy atom. The minimum atomic E-state index is -3.52. The first-order valence-electron chi connectivity index (χ1n) is 9.37. The van der Waals surface area contributed by atoms with Crippen molar-refractivity contribution < 1.29 is 17.6 Å². The molecule has 0 radical (unpaired) electrons. The Morgan fingerprint density at radius 1 is 1.16 bits per heavy atom. The zero-order chi connectivity index (χ0) is 22.6. The van der Waals surface area contributed by atoms with Crippen LogP contribution in [0.5, 0.6) is 0 Å². The molecule has 0 saturated carbocycles. The number of amides is 1. The Hall–Kier alpha value is -2.91. The number of aryl methyl sites for hydroxylation is 2. The van der Waals surface area contributed by atoms with E-state index in [0.717, 1.165) is 21.9 Å². The van der Waals surface area contributed by atoms with Crippen molar-refractivity contribution >= 4 is 43.8 Å². The minimum Gasteiger partial charge on any atom is -0.459 e. The second-order valence-electron chi connectivity index (χ2n) is 7.00. The number of nitrogens with zero attached hydrogens (tertiary/aromatic N) is 2. The predicted molar refractivity (Wildman–Crippen MR) is 125 cm³/mol. The highest BCUT2D eigenvalue weighted by Gasteiger charge is 2.19. The lowest BCUT2D eigenvalue weighted by Gasteiger charge is -2.23. The number of sulfonamides is 1. The maximum absolute atomic E-state index is 12.4. The van der Waals surface area contributed by atoms with Crippen molar-refractivity contribution in [3.05, 3.63) is 87.3 Å². The van der Waals surface area contributed by atoms with Gasteiger partial charge in [0.1, 0.15) is 11.5 Å². The maximum atomic E-state index is 12.4. The first-order chi connectivity index (χ1) is 14.6. The average Bonchev–Trinajstić information content (AvgIpc) is 3.04. The molecular weight excluding hydrogens is 482 g/mol. The zero-order valence-electron chi connectivity index (χ0n) is 17.3. The lowest BCUT2D eigenvalue weighted by atomic mass is 10.1. The monoisotopic (exact) mass is 503 g/mol. The fourth-order valence-electron chi connectivity index (χ4n) is 2.89. The zero-order valence-corrected chi connectivity index (χ0v) is 19.7. The van der Waals surface area contributed by atoms with Crippen molar-refractivity contribution in [3.63, 3.8) is 0 Å². The molecule has 3 aromatic rings. The van der Waals surface area contributed by atoms with Crippen molar-refractivity contribution in [2.24, 2.45) is 5.10 Å². The van der Waals surface area contributed by atoms with Gasteiger partial charge in [-0.25, -0.2) is 13.8 Å². The molecule has 3 rings (SSSR count). The van der Waals surface area contributed by atoms with Gasteiger partial charge < -0.3 is 4.42 Å². The molecule has 0 fully saturated rings. The van der Waals surface area contributed by atoms with Gasteiger partial charge in [0, 0.05) is 11.6 Å². The molecule has 0 bridgehead atoms. The van der Waals surface area contributed by atoms with Gasteiger partial charge in [-0.15, -0.1) is 0 Å². The SMILES string of the molecule is Cc1ccccc1CN(c1ccc(C(=O)N/N=C\c2cc(Br)c(C)o2)cc1)S(C)(=O)=O. The molecule has 0 aliphatic heterocycles. The second-order valence-corrected chi connectivity index (χ2v) is 9.76. The molecule has 1 aromatic heterocycles. The average molecular weight is 504 g/mol. The summed E-state index contributed by atoms with van der Waals surface area (Å²) < 4.78 is 32.3. The third-order valence-corrected chi connectivity index (χ3v) is 6.56. The highest BCUT2D eigenvalue weighted by Crippen LogP contribution is 2.23. The predicted octanol–water partition coefficient (Wildman–Crippen LogP) is 4.39. The van der Waals surface area contributed by atoms with E-state index in [9.17, 15) is 13.2 Å². The Balaban J connectivity index is 1.73. The van der Waals surface area contributed by atoms with Gasteiger partial charge in [-0.2, -0.15) is 5.10 Å². The summed E-state index contributed by atoms with van der Waals surface area (Å²) in [5.74, 6) is 0.791. The van der Waals surface area contributed by atoms with Gasteiger partial charge in [0.05, 0.1) is 29.2 Å². The quantitative estimate of drug-likeness (QED) is 0.382. The van der Waals surface area contributed by atoms with E-state index >= 15 is 0 Å². The normalized spacial score (nSPS) is 11.6. The molecule has 0 saturated heterocycles. The molecule has 1 heterocycles. The van der Waals surface area contributed by atoms with Crippen LogP contribution in [0.2, 0.25) is 0 Å². The molecule has 0 spiro atoms. The van der Waals surface area contributed by atoms with E-state index in [4.69, 9.17) is 4.42 Å². The first kappa shape index (κ1) is 22.8. The van der Waals surface area contributed by atoms with E-state index in [0.29, 0.717) is 22.8 Å². The summed E-state index contributed by atoms with van der Waals surface area (Å²) in [7, 11) is -3.52. The smallest absolute Gasteiger partial charge is 0.271 e. The molecule has 162 valence electrons. The van der Waals surface area contributed by atoms with Crippen LogP contribution in [0.1, 0.15) is 33.0 Å². The number of hydrogen-bond donors (Lipinski definition) is 1. The topological polar surface area (TPSA) is 92.0 Å². The lowest BCUT2D eigenvalue weighted by Crippen LogP contribution is -2.29. The molecule has 0 aliphatic carbocycles. The van der Waals surface area contributed by atoms with E-state index in [-0.39, 0.29) is 6.54 Å². The van der Waals surface area contributed by atoms with Gasteiger partial charge in [0.2, 0.25) is 10.0 Å². The summed E-state index contributed by atoms with van der Waals surface area (Å²) in [6.45, 7) is 3.95. The molecule has 1 amide bonds. The summed E-state index contributed by atoms with van der Waals surface area (Å²) in [5.41, 5.74) is 5.16. The van der Waals surface area contributed by atoms with Gasteiger partial charge >= 0.3 is 0 Å². The van der Waals surface area contributed by atoms with E-state index in [1.165, 1.54) is 10.5 Å². The molecule has 0 unspecified atom stereocenters. The number of hydrazone groups is 1. The Labute approximate surface area is 189 Å². The van der Waals surface area contributed by atoms with Crippen LogP contribution in [0.4, 0.5) is 5.69 Å². The third-order valence-electron chi connectivity index (χ3n) is 4.63. The molecular formula is C22H22BrN3O4S. The van der Waals surface area contributed by atoms with Crippen LogP contribution >= 0.6 is 15.9 Å². The van der Waals surface area contributed by atoms with Gasteiger partial charge in [0.15, 0.2) is 0 Å². The van der Waals surface area contributed by atoms with E-state index in [1.807, 2.05) is 31.2 Å². The summed E-state index contributed by atoms with van der Waals surface area (Å²) in [6.07, 6.45) is 2.56. The number of anilines is 1. The fourth-order valence-corrected chi connectivity index (χ4v) is 4.07. The largest absolute Gasteiger partial charge is 0.459 e. The Kier molecular flexibility index (Phi) is 6.97. The molecule has 0 aliphatic rings. The van der Waals surface area contributed by atoms with Crippen molar-refractivity contribution in [3.8, 4) is 0 Å². The number of carbonyl (C=O) groups excluding carboxylic acids is 1. The van der Waals surface area contributed by atoms with Crippen LogP contribution < -0.4 is 9.73 Å². The number of carbonyl (C=O) groups is 1. The maximum Gasteiger partial charge on any atom is 0.271 e. The Morgan fingerprint density at radius 3 is 2.42 bits per heavy atom. The van der Waals surface area contributed by atoms with Crippen LogP contribution in [-0.2, 0) is 16.6 Å². The van der Waals surface area contributed by atoms with Crippen molar-refractivity contribution in [1.82, 2.24) is 5.43 Å². The lowest BCUT2D eigenvalue weighted by molar-refractivity contribution is 0.0955. The number of rotatable bonds is 7. The van der Waals surface area contributed by atoms with Gasteiger partial charge in [0.25, 0.3) is 5.91 Å². The first-order valence-corrected chi connectivity index (χ1v) is 12.0. The number of nitrogens with one attached hydrogen (secondary N) is 1.